The van der Waals surface area contributed by atoms with Gasteiger partial charge in [0.1, 0.15) is 0 Å². The van der Waals surface area contributed by atoms with Crippen LogP contribution in [0.1, 0.15) is 5.56 Å². The van der Waals surface area contributed by atoms with Crippen molar-refractivity contribution >= 4 is 22.5 Å². The monoisotopic (exact) mass is 254 g/mol. The van der Waals surface area contributed by atoms with Crippen LogP contribution in [0.4, 0.5) is 0 Å². The zero-order valence-electron chi connectivity index (χ0n) is 10.1. The fraction of sp³-hybridized carbons (Fsp3) is 0.154. The largest absolute Gasteiger partial charge is 0.367 e. The van der Waals surface area contributed by atoms with Gasteiger partial charge in [-0.05, 0) is 6.07 Å². The number of nitrogens with zero attached hydrogens (tertiary/aromatic N) is 4. The van der Waals surface area contributed by atoms with Gasteiger partial charge < -0.3 is 4.74 Å². The normalized spacial score (nSPS) is 18.7. The predicted molar refractivity (Wildman–Crippen MR) is 68.2 cm³/mol. The van der Waals surface area contributed by atoms with Gasteiger partial charge in [-0.2, -0.15) is 5.11 Å². The summed E-state index contributed by atoms with van der Waals surface area (Å²) in [5.74, 6) is -0.416. The topological polar surface area (TPSA) is 76.8 Å². The molecular weight excluding hydrogens is 244 g/mol. The van der Waals surface area contributed by atoms with Crippen LogP contribution in [0.5, 0.6) is 0 Å². The minimum atomic E-state index is -0.745. The van der Waals surface area contributed by atoms with E-state index >= 15 is 0 Å². The summed E-state index contributed by atoms with van der Waals surface area (Å²) < 4.78 is 5.20. The Hall–Kier alpha value is -2.47. The fourth-order valence-electron chi connectivity index (χ4n) is 2.07. The Bertz CT molecular complexity index is 703. The van der Waals surface area contributed by atoms with Gasteiger partial charge in [0, 0.05) is 30.6 Å². The molecule has 1 aliphatic heterocycles. The average molecular weight is 254 g/mol. The van der Waals surface area contributed by atoms with Crippen molar-refractivity contribution in [1.29, 1.82) is 0 Å². The highest BCUT2D eigenvalue weighted by Crippen LogP contribution is 2.28. The molecule has 6 heteroatoms. The first-order valence-electron chi connectivity index (χ1n) is 5.69. The third-order valence-electron chi connectivity index (χ3n) is 2.91. The molecule has 0 N–H and O–H groups in total. The molecule has 2 heterocycles. The minimum absolute atomic E-state index is 0.416. The van der Waals surface area contributed by atoms with Gasteiger partial charge in [0.05, 0.1) is 17.2 Å². The lowest BCUT2D eigenvalue weighted by Gasteiger charge is -2.18. The number of hydrogen-bond donors (Lipinski definition) is 0. The van der Waals surface area contributed by atoms with Crippen molar-refractivity contribution in [3.05, 3.63) is 42.4 Å². The summed E-state index contributed by atoms with van der Waals surface area (Å²) in [6, 6.07) is 5.58. The van der Waals surface area contributed by atoms with Crippen LogP contribution in [-0.4, -0.2) is 29.1 Å². The standard InChI is InChI=1S/C13H10N4O2/c1-19-12-9(7-16-17-13(12)18)8-3-2-4-10-11(8)15-6-5-14-10/h2-7,12H,1H3. The van der Waals surface area contributed by atoms with Crippen molar-refractivity contribution in [1.82, 2.24) is 9.97 Å². The van der Waals surface area contributed by atoms with Gasteiger partial charge in [0.25, 0.3) is 5.91 Å². The third-order valence-corrected chi connectivity index (χ3v) is 2.91. The fourth-order valence-corrected chi connectivity index (χ4v) is 2.07. The number of carbonyl (C=O) groups excluding carboxylic acids is 1. The maximum Gasteiger partial charge on any atom is 0.297 e. The molecule has 0 spiro atoms. The average Bonchev–Trinajstić information content (AvgIpc) is 2.46. The van der Waals surface area contributed by atoms with Gasteiger partial charge in [-0.1, -0.05) is 12.1 Å². The van der Waals surface area contributed by atoms with Crippen molar-refractivity contribution in [2.45, 2.75) is 6.10 Å². The molecule has 0 saturated heterocycles. The molecule has 1 unspecified atom stereocenters. The van der Waals surface area contributed by atoms with Crippen LogP contribution in [0.15, 0.2) is 47.0 Å². The Labute approximate surface area is 108 Å². The van der Waals surface area contributed by atoms with Gasteiger partial charge >= 0.3 is 0 Å². The van der Waals surface area contributed by atoms with E-state index in [2.05, 4.69) is 20.2 Å². The second kappa shape index (κ2) is 4.66. The number of hydrogen-bond acceptors (Lipinski definition) is 5. The van der Waals surface area contributed by atoms with Crippen LogP contribution >= 0.6 is 0 Å². The number of aromatic nitrogens is 2. The van der Waals surface area contributed by atoms with Crippen molar-refractivity contribution in [2.24, 2.45) is 10.2 Å². The Balaban J connectivity index is 2.21. The molecule has 1 aromatic heterocycles. The Morgan fingerprint density at radius 2 is 2.05 bits per heavy atom. The van der Waals surface area contributed by atoms with E-state index in [1.165, 1.54) is 13.3 Å². The summed E-state index contributed by atoms with van der Waals surface area (Å²) in [4.78, 5) is 20.2. The van der Waals surface area contributed by atoms with E-state index in [1.807, 2.05) is 18.2 Å². The van der Waals surface area contributed by atoms with Gasteiger partial charge in [0.2, 0.25) is 0 Å². The number of carbonyl (C=O) groups is 1. The number of benzene rings is 1. The van der Waals surface area contributed by atoms with Crippen LogP contribution in [-0.2, 0) is 9.53 Å². The predicted octanol–water partition coefficient (Wildman–Crippen LogP) is 1.98. The second-order valence-electron chi connectivity index (χ2n) is 3.98. The zero-order chi connectivity index (χ0) is 13.2. The van der Waals surface area contributed by atoms with Crippen LogP contribution in [0.25, 0.3) is 16.6 Å². The highest BCUT2D eigenvalue weighted by molar-refractivity contribution is 6.00. The SMILES string of the molecule is COC1C(=O)N=NC=C1c1cccc2nccnc12. The summed E-state index contributed by atoms with van der Waals surface area (Å²) in [5, 5.41) is 7.19. The molecule has 0 saturated carbocycles. The van der Waals surface area contributed by atoms with Gasteiger partial charge in [0.15, 0.2) is 6.10 Å². The van der Waals surface area contributed by atoms with Crippen molar-refractivity contribution in [2.75, 3.05) is 7.11 Å². The van der Waals surface area contributed by atoms with Gasteiger partial charge in [-0.25, -0.2) is 0 Å². The van der Waals surface area contributed by atoms with Crippen molar-refractivity contribution < 1.29 is 9.53 Å². The molecule has 19 heavy (non-hydrogen) atoms. The molecular formula is C13H10N4O2. The van der Waals surface area contributed by atoms with Crippen LogP contribution in [0.3, 0.4) is 0 Å². The van der Waals surface area contributed by atoms with E-state index in [4.69, 9.17) is 4.74 Å². The molecule has 3 rings (SSSR count). The molecule has 6 nitrogen and oxygen atoms in total. The van der Waals surface area contributed by atoms with Crippen LogP contribution in [0, 0.1) is 0 Å². The third kappa shape index (κ3) is 1.92. The first-order valence-corrected chi connectivity index (χ1v) is 5.69. The highest BCUT2D eigenvalue weighted by atomic mass is 16.5. The number of para-hydroxylation sites is 1. The summed E-state index contributed by atoms with van der Waals surface area (Å²) in [5.41, 5.74) is 2.90. The van der Waals surface area contributed by atoms with E-state index < -0.39 is 12.0 Å². The number of methoxy groups -OCH3 is 1. The first-order chi connectivity index (χ1) is 9.31. The Morgan fingerprint density at radius 1 is 1.21 bits per heavy atom. The number of rotatable bonds is 2. The number of amides is 1. The van der Waals surface area contributed by atoms with E-state index in [0.717, 1.165) is 11.1 Å². The van der Waals surface area contributed by atoms with Crippen molar-refractivity contribution in [3.8, 4) is 0 Å². The molecule has 0 bridgehead atoms. The lowest BCUT2D eigenvalue weighted by molar-refractivity contribution is -0.125. The van der Waals surface area contributed by atoms with Gasteiger partial charge in [-0.3, -0.25) is 14.8 Å². The lowest BCUT2D eigenvalue weighted by Crippen LogP contribution is -2.24. The summed E-state index contributed by atoms with van der Waals surface area (Å²) >= 11 is 0. The number of azo groups is 1. The van der Waals surface area contributed by atoms with Crippen molar-refractivity contribution in [3.63, 3.8) is 0 Å². The molecule has 2 aromatic rings. The summed E-state index contributed by atoms with van der Waals surface area (Å²) in [7, 11) is 1.47. The van der Waals surface area contributed by atoms with Crippen LogP contribution < -0.4 is 0 Å². The molecule has 0 fully saturated rings. The quantitative estimate of drug-likeness (QED) is 0.821. The number of ether oxygens (including phenoxy) is 1. The second-order valence-corrected chi connectivity index (χ2v) is 3.98. The minimum Gasteiger partial charge on any atom is -0.367 e. The van der Waals surface area contributed by atoms with E-state index in [0.29, 0.717) is 11.1 Å². The van der Waals surface area contributed by atoms with E-state index in [1.54, 1.807) is 12.4 Å². The summed E-state index contributed by atoms with van der Waals surface area (Å²) in [6.45, 7) is 0. The maximum atomic E-state index is 11.7. The van der Waals surface area contributed by atoms with E-state index in [-0.39, 0.29) is 0 Å². The highest BCUT2D eigenvalue weighted by Gasteiger charge is 2.27. The molecule has 94 valence electrons. The van der Waals surface area contributed by atoms with Gasteiger partial charge in [-0.15, -0.1) is 5.11 Å². The summed E-state index contributed by atoms with van der Waals surface area (Å²) in [6.07, 6.45) is 4.02. The Morgan fingerprint density at radius 3 is 2.89 bits per heavy atom. The first kappa shape index (κ1) is 11.6. The maximum absolute atomic E-state index is 11.7. The lowest BCUT2D eigenvalue weighted by atomic mass is 9.98. The molecule has 0 aliphatic carbocycles. The Kier molecular flexibility index (Phi) is 2.85. The molecule has 1 aliphatic rings. The van der Waals surface area contributed by atoms with Crippen LogP contribution in [0.2, 0.25) is 0 Å². The zero-order valence-corrected chi connectivity index (χ0v) is 10.1. The molecule has 0 radical (unpaired) electrons. The smallest absolute Gasteiger partial charge is 0.297 e. The molecule has 1 amide bonds. The van der Waals surface area contributed by atoms with E-state index in [9.17, 15) is 4.79 Å². The molecule has 1 aromatic carbocycles. The molecule has 1 atom stereocenters. The number of fused-ring (bicyclic) bond motifs is 1.